The molecular formula is C18H20N4. The number of aromatic nitrogens is 3. The smallest absolute Gasteiger partial charge is 0.0991 e. The van der Waals surface area contributed by atoms with Crippen LogP contribution in [0, 0.1) is 0 Å². The van der Waals surface area contributed by atoms with Crippen LogP contribution in [0.4, 0.5) is 0 Å². The number of pyridine rings is 1. The molecule has 0 spiro atoms. The van der Waals surface area contributed by atoms with Crippen LogP contribution in [0.2, 0.25) is 0 Å². The number of aryl methyl sites for hydroxylation is 1. The van der Waals surface area contributed by atoms with E-state index >= 15 is 0 Å². The Morgan fingerprint density at radius 2 is 2.00 bits per heavy atom. The van der Waals surface area contributed by atoms with E-state index in [1.807, 2.05) is 29.4 Å². The Labute approximate surface area is 130 Å². The fourth-order valence-electron chi connectivity index (χ4n) is 2.41. The highest BCUT2D eigenvalue weighted by Gasteiger charge is 2.03. The molecule has 0 fully saturated rings. The summed E-state index contributed by atoms with van der Waals surface area (Å²) >= 11 is 0. The number of nitrogens with one attached hydrogen (secondary N) is 1. The molecule has 3 aromatic rings. The van der Waals surface area contributed by atoms with Gasteiger partial charge < -0.3 is 9.88 Å². The lowest BCUT2D eigenvalue weighted by molar-refractivity contribution is 0.676. The third-order valence-corrected chi connectivity index (χ3v) is 3.69. The third kappa shape index (κ3) is 3.40. The van der Waals surface area contributed by atoms with Crippen LogP contribution < -0.4 is 5.32 Å². The number of para-hydroxylation sites is 1. The van der Waals surface area contributed by atoms with E-state index in [0.29, 0.717) is 0 Å². The summed E-state index contributed by atoms with van der Waals surface area (Å²) < 4.78 is 2.03. The van der Waals surface area contributed by atoms with Gasteiger partial charge in [-0.1, -0.05) is 31.2 Å². The molecule has 2 aromatic heterocycles. The van der Waals surface area contributed by atoms with Gasteiger partial charge in [0.15, 0.2) is 0 Å². The number of hydrogen-bond acceptors (Lipinski definition) is 3. The lowest BCUT2D eigenvalue weighted by Gasteiger charge is -2.11. The zero-order valence-corrected chi connectivity index (χ0v) is 12.7. The topological polar surface area (TPSA) is 42.7 Å². The lowest BCUT2D eigenvalue weighted by atomic mass is 10.1. The Hall–Kier alpha value is -2.46. The fourth-order valence-corrected chi connectivity index (χ4v) is 2.41. The van der Waals surface area contributed by atoms with Crippen molar-refractivity contribution in [2.45, 2.75) is 26.4 Å². The minimum absolute atomic E-state index is 0.766. The number of nitrogens with zero attached hydrogens (tertiary/aromatic N) is 3. The van der Waals surface area contributed by atoms with Crippen molar-refractivity contribution in [1.29, 1.82) is 0 Å². The summed E-state index contributed by atoms with van der Waals surface area (Å²) in [6, 6.07) is 12.6. The van der Waals surface area contributed by atoms with Crippen LogP contribution in [0.25, 0.3) is 5.69 Å². The molecule has 0 atom stereocenters. The quantitative estimate of drug-likeness (QED) is 0.759. The van der Waals surface area contributed by atoms with Crippen molar-refractivity contribution in [2.24, 2.45) is 0 Å². The van der Waals surface area contributed by atoms with Crippen molar-refractivity contribution in [2.75, 3.05) is 0 Å². The minimum atomic E-state index is 0.766. The van der Waals surface area contributed by atoms with Crippen molar-refractivity contribution in [3.05, 3.63) is 78.1 Å². The van der Waals surface area contributed by atoms with Gasteiger partial charge in [-0.05, 0) is 29.7 Å². The molecule has 0 radical (unpaired) electrons. The molecule has 0 aliphatic carbocycles. The van der Waals surface area contributed by atoms with Crippen molar-refractivity contribution >= 4 is 0 Å². The molecule has 0 unspecified atom stereocenters. The number of benzene rings is 1. The molecule has 0 amide bonds. The largest absolute Gasteiger partial charge is 0.307 e. The van der Waals surface area contributed by atoms with Gasteiger partial charge in [0.05, 0.1) is 17.7 Å². The van der Waals surface area contributed by atoms with Crippen molar-refractivity contribution in [3.8, 4) is 5.69 Å². The predicted molar refractivity (Wildman–Crippen MR) is 87.7 cm³/mol. The normalized spacial score (nSPS) is 10.8. The van der Waals surface area contributed by atoms with Crippen molar-refractivity contribution < 1.29 is 0 Å². The fraction of sp³-hybridized carbons (Fsp3) is 0.222. The SMILES string of the molecule is CCc1ccc(CNCc2ccccc2-n2ccnc2)nc1. The highest BCUT2D eigenvalue weighted by Crippen LogP contribution is 2.14. The van der Waals surface area contributed by atoms with Crippen LogP contribution in [0.3, 0.4) is 0 Å². The van der Waals surface area contributed by atoms with Gasteiger partial charge in [-0.25, -0.2) is 4.98 Å². The predicted octanol–water partition coefficient (Wildman–Crippen LogP) is 3.12. The second kappa shape index (κ2) is 7.00. The molecule has 1 aromatic carbocycles. The molecular weight excluding hydrogens is 272 g/mol. The Balaban J connectivity index is 1.64. The summed E-state index contributed by atoms with van der Waals surface area (Å²) in [4.78, 5) is 8.59. The van der Waals surface area contributed by atoms with Crippen LogP contribution >= 0.6 is 0 Å². The third-order valence-electron chi connectivity index (χ3n) is 3.69. The van der Waals surface area contributed by atoms with Gasteiger partial charge in [-0.15, -0.1) is 0 Å². The van der Waals surface area contributed by atoms with Gasteiger partial charge in [-0.3, -0.25) is 4.98 Å². The second-order valence-corrected chi connectivity index (χ2v) is 5.21. The van der Waals surface area contributed by atoms with Gasteiger partial charge in [0.2, 0.25) is 0 Å². The van der Waals surface area contributed by atoms with E-state index < -0.39 is 0 Å². The Bertz CT molecular complexity index is 702. The second-order valence-electron chi connectivity index (χ2n) is 5.21. The minimum Gasteiger partial charge on any atom is -0.307 e. The average Bonchev–Trinajstić information content (AvgIpc) is 3.10. The van der Waals surface area contributed by atoms with Gasteiger partial charge in [0.25, 0.3) is 0 Å². The maximum atomic E-state index is 4.48. The molecule has 4 heteroatoms. The van der Waals surface area contributed by atoms with Crippen LogP contribution in [-0.2, 0) is 19.5 Å². The molecule has 1 N–H and O–H groups in total. The first-order valence-electron chi connectivity index (χ1n) is 7.57. The van der Waals surface area contributed by atoms with E-state index in [1.165, 1.54) is 11.1 Å². The molecule has 2 heterocycles. The Morgan fingerprint density at radius 3 is 2.73 bits per heavy atom. The van der Waals surface area contributed by atoms with Crippen LogP contribution in [0.1, 0.15) is 23.7 Å². The van der Waals surface area contributed by atoms with Crippen LogP contribution in [-0.4, -0.2) is 14.5 Å². The van der Waals surface area contributed by atoms with E-state index in [9.17, 15) is 0 Å². The van der Waals surface area contributed by atoms with E-state index in [0.717, 1.165) is 30.9 Å². The summed E-state index contributed by atoms with van der Waals surface area (Å²) in [5, 5.41) is 3.46. The van der Waals surface area contributed by atoms with Gasteiger partial charge in [0, 0.05) is 31.7 Å². The van der Waals surface area contributed by atoms with Crippen LogP contribution in [0.15, 0.2) is 61.3 Å². The van der Waals surface area contributed by atoms with E-state index in [4.69, 9.17) is 0 Å². The molecule has 0 saturated heterocycles. The van der Waals surface area contributed by atoms with Gasteiger partial charge in [-0.2, -0.15) is 0 Å². The summed E-state index contributed by atoms with van der Waals surface area (Å²) in [5.74, 6) is 0. The zero-order valence-electron chi connectivity index (χ0n) is 12.7. The van der Waals surface area contributed by atoms with E-state index in [-0.39, 0.29) is 0 Å². The monoisotopic (exact) mass is 292 g/mol. The maximum absolute atomic E-state index is 4.48. The molecule has 0 bridgehead atoms. The number of rotatable bonds is 6. The Kier molecular flexibility index (Phi) is 4.61. The average molecular weight is 292 g/mol. The highest BCUT2D eigenvalue weighted by atomic mass is 15.0. The lowest BCUT2D eigenvalue weighted by Crippen LogP contribution is -2.15. The zero-order chi connectivity index (χ0) is 15.2. The van der Waals surface area contributed by atoms with Crippen LogP contribution in [0.5, 0.6) is 0 Å². The molecule has 22 heavy (non-hydrogen) atoms. The summed E-state index contributed by atoms with van der Waals surface area (Å²) in [6.07, 6.45) is 8.56. The number of hydrogen-bond donors (Lipinski definition) is 1. The van der Waals surface area contributed by atoms with E-state index in [1.54, 1.807) is 6.20 Å². The van der Waals surface area contributed by atoms with Crippen molar-refractivity contribution in [3.63, 3.8) is 0 Å². The molecule has 0 aliphatic rings. The molecule has 4 nitrogen and oxygen atoms in total. The van der Waals surface area contributed by atoms with Gasteiger partial charge >= 0.3 is 0 Å². The molecule has 112 valence electrons. The van der Waals surface area contributed by atoms with Crippen molar-refractivity contribution in [1.82, 2.24) is 19.9 Å². The first-order chi connectivity index (χ1) is 10.9. The first kappa shape index (κ1) is 14.5. The summed E-state index contributed by atoms with van der Waals surface area (Å²) in [7, 11) is 0. The molecule has 0 aliphatic heterocycles. The van der Waals surface area contributed by atoms with E-state index in [2.05, 4.69) is 52.5 Å². The Morgan fingerprint density at radius 1 is 1.09 bits per heavy atom. The molecule has 3 rings (SSSR count). The first-order valence-corrected chi connectivity index (χ1v) is 7.57. The maximum Gasteiger partial charge on any atom is 0.0991 e. The molecule has 0 saturated carbocycles. The highest BCUT2D eigenvalue weighted by molar-refractivity contribution is 5.40. The standard InChI is InChI=1S/C18H20N4/c1-2-15-7-8-17(21-11-15)13-20-12-16-5-3-4-6-18(16)22-10-9-19-14-22/h3-11,14,20H,2,12-13H2,1H3. The summed E-state index contributed by atoms with van der Waals surface area (Å²) in [5.41, 5.74) is 4.74. The summed E-state index contributed by atoms with van der Waals surface area (Å²) in [6.45, 7) is 3.70. The number of imidazole rings is 1. The van der Waals surface area contributed by atoms with Gasteiger partial charge in [0.1, 0.15) is 0 Å².